The van der Waals surface area contributed by atoms with E-state index in [1.807, 2.05) is 19.9 Å². The van der Waals surface area contributed by atoms with Gasteiger partial charge in [0.15, 0.2) is 0 Å². The first-order chi connectivity index (χ1) is 16.9. The second-order valence-electron chi connectivity index (χ2n) is 9.03. The van der Waals surface area contributed by atoms with Gasteiger partial charge in [0.25, 0.3) is 0 Å². The highest BCUT2D eigenvalue weighted by Gasteiger charge is 2.21. The van der Waals surface area contributed by atoms with Crippen LogP contribution in [0.25, 0.3) is 0 Å². The van der Waals surface area contributed by atoms with Crippen molar-refractivity contribution in [2.75, 3.05) is 36.8 Å². The molecule has 0 aliphatic carbocycles. The number of nitrogens with zero attached hydrogens (tertiary/aromatic N) is 5. The van der Waals surface area contributed by atoms with Crippen LogP contribution in [0.1, 0.15) is 28.1 Å². The Morgan fingerprint density at radius 2 is 1.57 bits per heavy atom. The Kier molecular flexibility index (Phi) is 8.05. The predicted octanol–water partition coefficient (Wildman–Crippen LogP) is 4.69. The minimum atomic E-state index is 0.400. The number of thiocarbonyl (C=S) groups is 1. The summed E-state index contributed by atoms with van der Waals surface area (Å²) in [6.07, 6.45) is 0. The van der Waals surface area contributed by atoms with Crippen LogP contribution in [0, 0.1) is 27.7 Å². The summed E-state index contributed by atoms with van der Waals surface area (Å²) < 4.78 is 0. The summed E-state index contributed by atoms with van der Waals surface area (Å²) in [5.74, 6) is 1.19. The molecule has 0 saturated carbocycles. The van der Waals surface area contributed by atoms with Crippen molar-refractivity contribution in [3.63, 3.8) is 0 Å². The van der Waals surface area contributed by atoms with E-state index in [4.69, 9.17) is 17.2 Å². The van der Waals surface area contributed by atoms with Gasteiger partial charge in [0.05, 0.1) is 0 Å². The standard InChI is InChI=1S/C27H33N7S/c1-19-10-11-20(2)24(16-19)30-27(35)32-26(31-25-28-21(3)17-22(4)29-25)34-14-12-33(13-15-34)18-23-8-6-5-7-9-23/h5-11,16-17H,12-15,18H2,1-4H3,(H2,28,29,30,31,32,35). The molecule has 0 spiro atoms. The average Bonchev–Trinajstić information content (AvgIpc) is 2.81. The molecule has 0 atom stereocenters. The molecule has 182 valence electrons. The van der Waals surface area contributed by atoms with Crippen LogP contribution < -0.4 is 10.6 Å². The summed E-state index contributed by atoms with van der Waals surface area (Å²) in [4.78, 5) is 18.6. The molecule has 1 aliphatic heterocycles. The molecule has 7 nitrogen and oxygen atoms in total. The Balaban J connectivity index is 1.51. The van der Waals surface area contributed by atoms with Gasteiger partial charge < -0.3 is 10.2 Å². The third kappa shape index (κ3) is 7.07. The van der Waals surface area contributed by atoms with Gasteiger partial charge in [-0.15, -0.1) is 0 Å². The minimum Gasteiger partial charge on any atom is -0.340 e. The maximum absolute atomic E-state index is 5.65. The fourth-order valence-corrected chi connectivity index (χ4v) is 4.33. The molecule has 3 aromatic rings. The van der Waals surface area contributed by atoms with E-state index in [2.05, 4.69) is 92.8 Å². The lowest BCUT2D eigenvalue weighted by Gasteiger charge is -2.36. The van der Waals surface area contributed by atoms with Gasteiger partial charge >= 0.3 is 0 Å². The van der Waals surface area contributed by atoms with Crippen molar-refractivity contribution in [2.24, 2.45) is 4.99 Å². The summed E-state index contributed by atoms with van der Waals surface area (Å²) >= 11 is 5.65. The Hall–Kier alpha value is -3.36. The van der Waals surface area contributed by atoms with Gasteiger partial charge in [-0.05, 0) is 68.7 Å². The number of rotatable bonds is 4. The van der Waals surface area contributed by atoms with E-state index in [1.54, 1.807) is 0 Å². The van der Waals surface area contributed by atoms with E-state index < -0.39 is 0 Å². The molecule has 1 fully saturated rings. The van der Waals surface area contributed by atoms with E-state index in [0.717, 1.165) is 55.4 Å². The monoisotopic (exact) mass is 487 g/mol. The molecule has 4 rings (SSSR count). The van der Waals surface area contributed by atoms with Crippen molar-refractivity contribution >= 4 is 34.9 Å². The van der Waals surface area contributed by atoms with Crippen molar-refractivity contribution in [3.8, 4) is 0 Å². The molecule has 1 aromatic heterocycles. The lowest BCUT2D eigenvalue weighted by Crippen LogP contribution is -2.50. The summed E-state index contributed by atoms with van der Waals surface area (Å²) in [6, 6.07) is 18.8. The lowest BCUT2D eigenvalue weighted by atomic mass is 10.1. The maximum Gasteiger partial charge on any atom is 0.229 e. The number of anilines is 2. The molecular formula is C27H33N7S. The number of piperazine rings is 1. The van der Waals surface area contributed by atoms with Crippen molar-refractivity contribution in [1.29, 1.82) is 0 Å². The van der Waals surface area contributed by atoms with Crippen LogP contribution in [0.2, 0.25) is 0 Å². The quantitative estimate of drug-likeness (QED) is 0.314. The number of aliphatic imine (C=N–C) groups is 1. The fraction of sp³-hybridized carbons (Fsp3) is 0.333. The van der Waals surface area contributed by atoms with Gasteiger partial charge in [-0.1, -0.05) is 42.5 Å². The van der Waals surface area contributed by atoms with E-state index in [9.17, 15) is 0 Å². The van der Waals surface area contributed by atoms with E-state index in [1.165, 1.54) is 11.1 Å². The summed E-state index contributed by atoms with van der Waals surface area (Å²) in [5, 5.41) is 7.04. The third-order valence-corrected chi connectivity index (χ3v) is 6.16. The first-order valence-electron chi connectivity index (χ1n) is 11.9. The SMILES string of the molecule is Cc1ccc(C)c(NC(=S)/N=C(/Nc2nc(C)cc(C)n2)N2CCN(Cc3ccccc3)CC2)c1. The molecule has 2 N–H and O–H groups in total. The van der Waals surface area contributed by atoms with Crippen molar-refractivity contribution in [3.05, 3.63) is 82.7 Å². The van der Waals surface area contributed by atoms with Crippen molar-refractivity contribution < 1.29 is 0 Å². The average molecular weight is 488 g/mol. The first kappa shape index (κ1) is 24.8. The van der Waals surface area contributed by atoms with Gasteiger partial charge in [0.2, 0.25) is 17.0 Å². The Bertz CT molecular complexity index is 1180. The summed E-state index contributed by atoms with van der Waals surface area (Å²) in [7, 11) is 0. The number of nitrogens with one attached hydrogen (secondary N) is 2. The molecule has 1 saturated heterocycles. The van der Waals surface area contributed by atoms with Crippen LogP contribution in [0.4, 0.5) is 11.6 Å². The van der Waals surface area contributed by atoms with Crippen LogP contribution in [-0.4, -0.2) is 57.0 Å². The molecule has 35 heavy (non-hydrogen) atoms. The molecular weight excluding hydrogens is 454 g/mol. The lowest BCUT2D eigenvalue weighted by molar-refractivity contribution is 0.175. The number of hydrogen-bond acceptors (Lipinski definition) is 4. The Labute approximate surface area is 213 Å². The summed E-state index contributed by atoms with van der Waals surface area (Å²) in [6.45, 7) is 12.5. The predicted molar refractivity (Wildman–Crippen MR) is 148 cm³/mol. The first-order valence-corrected chi connectivity index (χ1v) is 12.3. The van der Waals surface area contributed by atoms with Crippen LogP contribution in [0.3, 0.4) is 0 Å². The van der Waals surface area contributed by atoms with Crippen molar-refractivity contribution in [1.82, 2.24) is 19.8 Å². The van der Waals surface area contributed by atoms with Crippen LogP contribution in [0.15, 0.2) is 59.6 Å². The second kappa shape index (κ2) is 11.4. The number of aromatic nitrogens is 2. The van der Waals surface area contributed by atoms with Gasteiger partial charge in [0.1, 0.15) is 0 Å². The second-order valence-corrected chi connectivity index (χ2v) is 9.42. The molecule has 0 bridgehead atoms. The zero-order valence-corrected chi connectivity index (χ0v) is 21.7. The number of aryl methyl sites for hydroxylation is 4. The highest BCUT2D eigenvalue weighted by Crippen LogP contribution is 2.17. The Morgan fingerprint density at radius 1 is 0.886 bits per heavy atom. The molecule has 0 radical (unpaired) electrons. The van der Waals surface area contributed by atoms with E-state index in [-0.39, 0.29) is 0 Å². The molecule has 2 aromatic carbocycles. The number of benzene rings is 2. The van der Waals surface area contributed by atoms with E-state index >= 15 is 0 Å². The highest BCUT2D eigenvalue weighted by molar-refractivity contribution is 7.80. The summed E-state index contributed by atoms with van der Waals surface area (Å²) in [5.41, 5.74) is 6.39. The molecule has 0 amide bonds. The minimum absolute atomic E-state index is 0.400. The van der Waals surface area contributed by atoms with Crippen LogP contribution >= 0.6 is 12.2 Å². The van der Waals surface area contributed by atoms with Crippen molar-refractivity contribution in [2.45, 2.75) is 34.2 Å². The van der Waals surface area contributed by atoms with Gasteiger partial charge in [-0.2, -0.15) is 4.99 Å². The zero-order chi connectivity index (χ0) is 24.8. The molecule has 2 heterocycles. The normalized spacial score (nSPS) is 14.6. The topological polar surface area (TPSA) is 68.7 Å². The molecule has 8 heteroatoms. The van der Waals surface area contributed by atoms with Gasteiger partial charge in [-0.3, -0.25) is 10.2 Å². The smallest absolute Gasteiger partial charge is 0.229 e. The molecule has 1 aliphatic rings. The van der Waals surface area contributed by atoms with Gasteiger partial charge in [0, 0.05) is 49.8 Å². The van der Waals surface area contributed by atoms with Crippen LogP contribution in [-0.2, 0) is 6.54 Å². The highest BCUT2D eigenvalue weighted by atomic mass is 32.1. The zero-order valence-electron chi connectivity index (χ0n) is 20.9. The van der Waals surface area contributed by atoms with E-state index in [0.29, 0.717) is 17.0 Å². The molecule has 0 unspecified atom stereocenters. The van der Waals surface area contributed by atoms with Gasteiger partial charge in [-0.25, -0.2) is 9.97 Å². The Morgan fingerprint density at radius 3 is 2.26 bits per heavy atom. The fourth-order valence-electron chi connectivity index (χ4n) is 4.13. The van der Waals surface area contributed by atoms with Crippen LogP contribution in [0.5, 0.6) is 0 Å². The maximum atomic E-state index is 5.65. The third-order valence-electron chi connectivity index (χ3n) is 5.97. The largest absolute Gasteiger partial charge is 0.340 e. The number of hydrogen-bond donors (Lipinski definition) is 2. The number of guanidine groups is 1.